The molecule has 0 fully saturated rings. The van der Waals surface area contributed by atoms with Gasteiger partial charge in [0.15, 0.2) is 6.03 Å². The smallest absolute Gasteiger partial charge is 0.424 e. The number of hydrogen-bond donors (Lipinski definition) is 3. The van der Waals surface area contributed by atoms with E-state index in [1.807, 2.05) is 0 Å². The summed E-state index contributed by atoms with van der Waals surface area (Å²) in [5.74, 6) is -0.653. The largest absolute Gasteiger partial charge is 1.00 e. The van der Waals surface area contributed by atoms with Gasteiger partial charge >= 0.3 is 35.2 Å². The van der Waals surface area contributed by atoms with Crippen LogP contribution in [0.15, 0.2) is 62.3 Å². The predicted octanol–water partition coefficient (Wildman–Crippen LogP) is 0.528. The molecule has 4 aromatic rings. The Hall–Kier alpha value is -2.97. The van der Waals surface area contributed by atoms with Gasteiger partial charge in [-0.1, -0.05) is 12.1 Å². The van der Waals surface area contributed by atoms with Crippen LogP contribution in [0.25, 0.3) is 21.3 Å². The van der Waals surface area contributed by atoms with Gasteiger partial charge in [-0.3, -0.25) is 9.59 Å². The number of hydrogen-bond acceptors (Lipinski definition) is 7. The quantitative estimate of drug-likeness (QED) is 0.324. The first kappa shape index (κ1) is 26.6. The minimum Gasteiger partial charge on any atom is -0.424 e. The zero-order chi connectivity index (χ0) is 24.6. The molecule has 14 heteroatoms. The van der Waals surface area contributed by atoms with Crippen molar-refractivity contribution in [3.63, 3.8) is 0 Å². The van der Waals surface area contributed by atoms with E-state index in [1.54, 1.807) is 13.0 Å². The number of aryl methyl sites for hydroxylation is 1. The van der Waals surface area contributed by atoms with Gasteiger partial charge in [0.05, 0.1) is 22.3 Å². The van der Waals surface area contributed by atoms with Gasteiger partial charge in [0.2, 0.25) is 10.0 Å². The van der Waals surface area contributed by atoms with Crippen molar-refractivity contribution in [2.75, 3.05) is 17.7 Å². The Balaban J connectivity index is 0.00000342. The summed E-state index contributed by atoms with van der Waals surface area (Å²) in [4.78, 5) is 40.8. The number of sulfonamides is 1. The third kappa shape index (κ3) is 5.49. The topological polar surface area (TPSA) is 144 Å². The molecule has 0 saturated carbocycles. The van der Waals surface area contributed by atoms with Crippen molar-refractivity contribution in [3.8, 4) is 5.69 Å². The van der Waals surface area contributed by atoms with Crippen molar-refractivity contribution in [2.24, 2.45) is 0 Å². The first-order valence-electron chi connectivity index (χ1n) is 9.71. The van der Waals surface area contributed by atoms with E-state index in [0.717, 1.165) is 26.8 Å². The fraction of sp³-hybridized carbons (Fsp3) is 0.0952. The summed E-state index contributed by atoms with van der Waals surface area (Å²) in [6.07, 6.45) is 0. The second-order valence-corrected chi connectivity index (χ2v) is 10.2. The minimum absolute atomic E-state index is 0. The fourth-order valence-corrected chi connectivity index (χ4v) is 5.32. The molecule has 0 aliphatic heterocycles. The molecule has 2 amide bonds. The number of anilines is 2. The Morgan fingerprint density at radius 3 is 2.40 bits per heavy atom. The van der Waals surface area contributed by atoms with E-state index < -0.39 is 33.1 Å². The molecule has 0 aliphatic rings. The maximum Gasteiger partial charge on any atom is 1.00 e. The second-order valence-electron chi connectivity index (χ2n) is 7.11. The Bertz CT molecular complexity index is 1650. The number of H-pyrrole nitrogens is 1. The molecular formula is C21H17FN5NaO5S2. The molecule has 0 spiro atoms. The molecule has 10 nitrogen and oxygen atoms in total. The molecule has 0 atom stereocenters. The van der Waals surface area contributed by atoms with Crippen molar-refractivity contribution >= 4 is 49.7 Å². The van der Waals surface area contributed by atoms with Crippen molar-refractivity contribution in [3.05, 3.63) is 84.8 Å². The molecular weight excluding hydrogens is 508 g/mol. The number of amides is 2. The summed E-state index contributed by atoms with van der Waals surface area (Å²) in [7, 11) is -2.64. The fourth-order valence-electron chi connectivity index (χ4n) is 3.21. The molecule has 0 radical (unpaired) electrons. The Morgan fingerprint density at radius 1 is 1.11 bits per heavy atom. The standard InChI is InChI=1S/C21H18FN5O5S2.Na/c1-11-3-8-18(33-11)34(31,32)26-20(29)24-12-4-6-13(7-5-12)27-19(28)14-9-15(22)17(23-2)10-16(14)25-21(27)30;/h3-10H,1-2H3,(H4,23,24,25,26,28,29,30);/q;+1/p-1. The van der Waals surface area contributed by atoms with Gasteiger partial charge in [-0.2, -0.15) is 0 Å². The number of aromatic nitrogens is 2. The van der Waals surface area contributed by atoms with E-state index in [9.17, 15) is 27.2 Å². The second kappa shape index (κ2) is 10.3. The number of urea groups is 1. The van der Waals surface area contributed by atoms with Crippen LogP contribution in [0.5, 0.6) is 0 Å². The Kier molecular flexibility index (Phi) is 7.87. The van der Waals surface area contributed by atoms with E-state index in [2.05, 4.69) is 20.3 Å². The summed E-state index contributed by atoms with van der Waals surface area (Å²) >= 11 is 0.995. The molecule has 0 unspecified atom stereocenters. The maximum absolute atomic E-state index is 14.1. The zero-order valence-electron chi connectivity index (χ0n) is 18.7. The number of benzene rings is 2. The molecule has 3 N–H and O–H groups in total. The van der Waals surface area contributed by atoms with Crippen LogP contribution in [0.4, 0.5) is 20.6 Å². The zero-order valence-corrected chi connectivity index (χ0v) is 22.4. The average molecular weight is 526 g/mol. The number of thiophene rings is 1. The van der Waals surface area contributed by atoms with Gasteiger partial charge in [-0.25, -0.2) is 22.2 Å². The Labute approximate surface area is 224 Å². The maximum atomic E-state index is 14.1. The number of rotatable bonds is 5. The summed E-state index contributed by atoms with van der Waals surface area (Å²) in [5, 5.41) is 4.93. The van der Waals surface area contributed by atoms with Crippen molar-refractivity contribution < 1.29 is 47.2 Å². The van der Waals surface area contributed by atoms with Crippen LogP contribution in [-0.2, 0) is 10.0 Å². The van der Waals surface area contributed by atoms with E-state index in [0.29, 0.717) is 0 Å². The average Bonchev–Trinajstić information content (AvgIpc) is 3.22. The molecule has 35 heavy (non-hydrogen) atoms. The predicted molar refractivity (Wildman–Crippen MR) is 128 cm³/mol. The normalized spacial score (nSPS) is 11.1. The van der Waals surface area contributed by atoms with E-state index in [4.69, 9.17) is 0 Å². The molecule has 0 bridgehead atoms. The van der Waals surface area contributed by atoms with Crippen LogP contribution in [0.1, 0.15) is 4.88 Å². The van der Waals surface area contributed by atoms with Crippen LogP contribution < -0.4 is 51.4 Å². The first-order chi connectivity index (χ1) is 16.1. The van der Waals surface area contributed by atoms with Crippen LogP contribution in [-0.4, -0.2) is 31.0 Å². The van der Waals surface area contributed by atoms with Crippen LogP contribution in [0, 0.1) is 12.7 Å². The minimum atomic E-state index is -4.15. The Morgan fingerprint density at radius 2 is 1.80 bits per heavy atom. The SMILES string of the molecule is CNc1cc2[nH]c(=O)n(-c3ccc(NC(=O)[N-]S(=O)(=O)c4ccc(C)s4)cc3)c(=O)c2cc1F.[Na+]. The summed E-state index contributed by atoms with van der Waals surface area (Å²) in [6, 6.07) is 9.69. The van der Waals surface area contributed by atoms with Gasteiger partial charge in [0, 0.05) is 11.9 Å². The van der Waals surface area contributed by atoms with Gasteiger partial charge in [-0.05, 0) is 49.0 Å². The van der Waals surface area contributed by atoms with Crippen molar-refractivity contribution in [2.45, 2.75) is 11.1 Å². The molecule has 176 valence electrons. The summed E-state index contributed by atoms with van der Waals surface area (Å²) in [5.41, 5.74) is -0.834. The van der Waals surface area contributed by atoms with Crippen molar-refractivity contribution in [1.82, 2.24) is 9.55 Å². The number of carbonyl (C=O) groups excluding carboxylic acids is 1. The van der Waals surface area contributed by atoms with Gasteiger partial charge < -0.3 is 20.3 Å². The number of nitrogens with zero attached hydrogens (tertiary/aromatic N) is 2. The summed E-state index contributed by atoms with van der Waals surface area (Å²) < 4.78 is 42.6. The van der Waals surface area contributed by atoms with Crippen LogP contribution in [0.3, 0.4) is 0 Å². The first-order valence-corrected chi connectivity index (χ1v) is 12.0. The van der Waals surface area contributed by atoms with Crippen molar-refractivity contribution in [1.29, 1.82) is 0 Å². The van der Waals surface area contributed by atoms with E-state index >= 15 is 0 Å². The van der Waals surface area contributed by atoms with E-state index in [1.165, 1.54) is 43.4 Å². The van der Waals surface area contributed by atoms with Crippen LogP contribution in [0.2, 0.25) is 0 Å². The molecule has 2 aromatic carbocycles. The number of carbonyl (C=O) groups is 1. The molecule has 0 saturated heterocycles. The third-order valence-electron chi connectivity index (χ3n) is 4.80. The molecule has 2 aromatic heterocycles. The molecule has 0 aliphatic carbocycles. The molecule has 2 heterocycles. The van der Waals surface area contributed by atoms with E-state index in [-0.39, 0.29) is 61.7 Å². The number of halogens is 1. The number of fused-ring (bicyclic) bond motifs is 1. The third-order valence-corrected chi connectivity index (χ3v) is 7.53. The van der Waals surface area contributed by atoms with Gasteiger partial charge in [0.25, 0.3) is 5.56 Å². The van der Waals surface area contributed by atoms with Gasteiger partial charge in [-0.15, -0.1) is 11.3 Å². The summed E-state index contributed by atoms with van der Waals surface area (Å²) in [6.45, 7) is 1.73. The monoisotopic (exact) mass is 525 g/mol. The van der Waals surface area contributed by atoms with Crippen LogP contribution >= 0.6 is 11.3 Å². The molecule has 4 rings (SSSR count). The number of nitrogens with one attached hydrogen (secondary N) is 3. The van der Waals surface area contributed by atoms with Gasteiger partial charge in [0.1, 0.15) is 10.0 Å². The number of aromatic amines is 1.